The van der Waals surface area contributed by atoms with Gasteiger partial charge in [0.1, 0.15) is 12.3 Å². The number of sulfonamides is 1. The van der Waals surface area contributed by atoms with Gasteiger partial charge in [0.05, 0.1) is 11.0 Å². The zero-order valence-corrected chi connectivity index (χ0v) is 12.0. The molecule has 0 atom stereocenters. The maximum absolute atomic E-state index is 11.3. The van der Waals surface area contributed by atoms with E-state index in [0.29, 0.717) is 16.9 Å². The molecule has 0 saturated carbocycles. The van der Waals surface area contributed by atoms with Crippen LogP contribution in [0.5, 0.6) is 5.75 Å². The smallest absolute Gasteiger partial charge is 0.258 e. The van der Waals surface area contributed by atoms with E-state index in [2.05, 4.69) is 5.32 Å². The molecule has 0 aliphatic carbocycles. The van der Waals surface area contributed by atoms with Gasteiger partial charge < -0.3 is 10.1 Å². The summed E-state index contributed by atoms with van der Waals surface area (Å²) >= 11 is 0. The summed E-state index contributed by atoms with van der Waals surface area (Å²) in [5.41, 5.74) is 1.12. The van der Waals surface area contributed by atoms with Crippen molar-refractivity contribution in [3.63, 3.8) is 0 Å². The van der Waals surface area contributed by atoms with Gasteiger partial charge in [-0.3, -0.25) is 4.79 Å². The van der Waals surface area contributed by atoms with Gasteiger partial charge in [-0.05, 0) is 37.1 Å². The average Bonchev–Trinajstić information content (AvgIpc) is 2.34. The molecule has 0 heterocycles. The number of amides is 1. The van der Waals surface area contributed by atoms with E-state index in [4.69, 9.17) is 15.1 Å². The third kappa shape index (κ3) is 4.22. The molecule has 0 aliphatic rings. The Hall–Kier alpha value is -2.11. The Morgan fingerprint density at radius 1 is 1.40 bits per heavy atom. The zero-order chi connectivity index (χ0) is 15.3. The van der Waals surface area contributed by atoms with Crippen LogP contribution in [0.15, 0.2) is 17.0 Å². The second kappa shape index (κ2) is 6.36. The van der Waals surface area contributed by atoms with Crippen LogP contribution in [0.3, 0.4) is 0 Å². The molecule has 8 heteroatoms. The number of hydrogen-bond donors (Lipinski definition) is 2. The van der Waals surface area contributed by atoms with E-state index in [9.17, 15) is 13.2 Å². The van der Waals surface area contributed by atoms with Gasteiger partial charge in [0.2, 0.25) is 10.0 Å². The highest BCUT2D eigenvalue weighted by molar-refractivity contribution is 7.89. The van der Waals surface area contributed by atoms with Crippen molar-refractivity contribution in [1.29, 1.82) is 5.26 Å². The number of nitrogens with one attached hydrogen (secondary N) is 1. The molecule has 0 saturated heterocycles. The lowest BCUT2D eigenvalue weighted by Gasteiger charge is -2.13. The average molecular weight is 297 g/mol. The number of aryl methyl sites for hydroxylation is 2. The van der Waals surface area contributed by atoms with Crippen molar-refractivity contribution in [3.8, 4) is 11.8 Å². The fraction of sp³-hybridized carbons (Fsp3) is 0.333. The normalized spacial score (nSPS) is 10.7. The van der Waals surface area contributed by atoms with Gasteiger partial charge >= 0.3 is 0 Å². The van der Waals surface area contributed by atoms with Crippen molar-refractivity contribution in [3.05, 3.63) is 23.3 Å². The highest BCUT2D eigenvalue weighted by atomic mass is 32.2. The molecule has 0 aromatic heterocycles. The number of nitrogens with two attached hydrogens (primary N) is 1. The van der Waals surface area contributed by atoms with E-state index in [1.54, 1.807) is 19.9 Å². The number of rotatable bonds is 5. The van der Waals surface area contributed by atoms with Crippen LogP contribution in [0, 0.1) is 25.2 Å². The quantitative estimate of drug-likeness (QED) is 0.739. The monoisotopic (exact) mass is 297 g/mol. The number of benzene rings is 1. The minimum absolute atomic E-state index is 0.00576. The maximum Gasteiger partial charge on any atom is 0.258 e. The summed E-state index contributed by atoms with van der Waals surface area (Å²) in [6.07, 6.45) is 0. The fourth-order valence-corrected chi connectivity index (χ4v) is 2.31. The predicted molar refractivity (Wildman–Crippen MR) is 71.4 cm³/mol. The molecule has 0 unspecified atom stereocenters. The molecular weight excluding hydrogens is 282 g/mol. The molecule has 1 aromatic rings. The number of carbonyl (C=O) groups excluding carboxylic acids is 1. The Bertz CT molecular complexity index is 639. The Morgan fingerprint density at radius 3 is 2.40 bits per heavy atom. The summed E-state index contributed by atoms with van der Waals surface area (Å²) in [5, 5.41) is 15.7. The number of ether oxygens (including phenoxy) is 1. The first kappa shape index (κ1) is 15.9. The fourth-order valence-electron chi connectivity index (χ4n) is 1.63. The summed E-state index contributed by atoms with van der Waals surface area (Å²) in [7, 11) is -3.78. The second-order valence-corrected chi connectivity index (χ2v) is 5.72. The second-order valence-electron chi connectivity index (χ2n) is 4.15. The van der Waals surface area contributed by atoms with E-state index in [1.807, 2.05) is 0 Å². The Balaban J connectivity index is 2.88. The molecule has 108 valence electrons. The Morgan fingerprint density at radius 2 is 1.95 bits per heavy atom. The van der Waals surface area contributed by atoms with Crippen LogP contribution >= 0.6 is 0 Å². The van der Waals surface area contributed by atoms with Gasteiger partial charge in [0.25, 0.3) is 5.91 Å². The van der Waals surface area contributed by atoms with Crippen molar-refractivity contribution >= 4 is 15.9 Å². The van der Waals surface area contributed by atoms with E-state index < -0.39 is 15.9 Å². The van der Waals surface area contributed by atoms with E-state index in [-0.39, 0.29) is 18.0 Å². The van der Waals surface area contributed by atoms with Crippen LogP contribution in [0.1, 0.15) is 11.1 Å². The van der Waals surface area contributed by atoms with Crippen LogP contribution < -0.4 is 15.2 Å². The summed E-state index contributed by atoms with van der Waals surface area (Å²) < 4.78 is 27.9. The third-order valence-corrected chi connectivity index (χ3v) is 3.37. The molecule has 1 amide bonds. The molecule has 20 heavy (non-hydrogen) atoms. The summed E-state index contributed by atoms with van der Waals surface area (Å²) in [4.78, 5) is 11.3. The van der Waals surface area contributed by atoms with Gasteiger partial charge in [0.15, 0.2) is 6.61 Å². The zero-order valence-electron chi connectivity index (χ0n) is 11.1. The minimum Gasteiger partial charge on any atom is -0.483 e. The number of primary sulfonamides is 1. The molecule has 3 N–H and O–H groups in total. The molecule has 0 spiro atoms. The number of nitriles is 1. The lowest BCUT2D eigenvalue weighted by Crippen LogP contribution is -2.29. The van der Waals surface area contributed by atoms with Crippen molar-refractivity contribution in [2.45, 2.75) is 18.7 Å². The molecule has 7 nitrogen and oxygen atoms in total. The summed E-state index contributed by atoms with van der Waals surface area (Å²) in [6.45, 7) is 2.97. The first-order valence-corrected chi connectivity index (χ1v) is 7.21. The summed E-state index contributed by atoms with van der Waals surface area (Å²) in [5.74, 6) is -0.00891. The van der Waals surface area contributed by atoms with Crippen LogP contribution in [0.4, 0.5) is 0 Å². The maximum atomic E-state index is 11.3. The van der Waals surface area contributed by atoms with Gasteiger partial charge in [-0.2, -0.15) is 5.26 Å². The van der Waals surface area contributed by atoms with E-state index in [1.165, 1.54) is 12.1 Å². The standard InChI is InChI=1S/C12H15N3O4S/c1-8-5-10(20(14,17)18)6-9(2)12(8)19-7-11(16)15-4-3-13/h5-6H,4,7H2,1-2H3,(H,15,16)(H2,14,17,18). The van der Waals surface area contributed by atoms with E-state index in [0.717, 1.165) is 0 Å². The van der Waals surface area contributed by atoms with E-state index >= 15 is 0 Å². The third-order valence-electron chi connectivity index (χ3n) is 2.47. The van der Waals surface area contributed by atoms with Gasteiger partial charge in [0, 0.05) is 0 Å². The molecule has 0 fully saturated rings. The highest BCUT2D eigenvalue weighted by Crippen LogP contribution is 2.26. The topological polar surface area (TPSA) is 122 Å². The predicted octanol–water partition coefficient (Wildman–Crippen LogP) is -0.0306. The Labute approximate surface area is 117 Å². The lowest BCUT2D eigenvalue weighted by atomic mass is 10.1. The van der Waals surface area contributed by atoms with Crippen LogP contribution in [-0.4, -0.2) is 27.5 Å². The number of hydrogen-bond acceptors (Lipinski definition) is 5. The van der Waals surface area contributed by atoms with Crippen molar-refractivity contribution in [2.24, 2.45) is 5.14 Å². The first-order valence-electron chi connectivity index (χ1n) is 5.66. The first-order chi connectivity index (χ1) is 9.25. The Kier molecular flexibility index (Phi) is 5.07. The van der Waals surface area contributed by atoms with Crippen LogP contribution in [0.25, 0.3) is 0 Å². The lowest BCUT2D eigenvalue weighted by molar-refractivity contribution is -0.122. The largest absolute Gasteiger partial charge is 0.483 e. The molecule has 0 bridgehead atoms. The number of nitrogens with zero attached hydrogens (tertiary/aromatic N) is 1. The molecule has 1 aromatic carbocycles. The van der Waals surface area contributed by atoms with Crippen molar-refractivity contribution < 1.29 is 17.9 Å². The minimum atomic E-state index is -3.78. The molecular formula is C12H15N3O4S. The van der Waals surface area contributed by atoms with Crippen LogP contribution in [0.2, 0.25) is 0 Å². The van der Waals surface area contributed by atoms with Gasteiger partial charge in [-0.15, -0.1) is 0 Å². The highest BCUT2D eigenvalue weighted by Gasteiger charge is 2.14. The SMILES string of the molecule is Cc1cc(S(N)(=O)=O)cc(C)c1OCC(=O)NCC#N. The van der Waals surface area contributed by atoms with Crippen molar-refractivity contribution in [1.82, 2.24) is 5.32 Å². The van der Waals surface area contributed by atoms with Gasteiger partial charge in [-0.25, -0.2) is 13.6 Å². The molecule has 0 radical (unpaired) electrons. The number of carbonyl (C=O) groups is 1. The summed E-state index contributed by atoms with van der Waals surface area (Å²) in [6, 6.07) is 4.54. The molecule has 1 rings (SSSR count). The molecule has 0 aliphatic heterocycles. The van der Waals surface area contributed by atoms with Gasteiger partial charge in [-0.1, -0.05) is 0 Å². The van der Waals surface area contributed by atoms with Crippen molar-refractivity contribution in [2.75, 3.05) is 13.2 Å². The van der Waals surface area contributed by atoms with Crippen LogP contribution in [-0.2, 0) is 14.8 Å².